The fourth-order valence-corrected chi connectivity index (χ4v) is 2.58. The summed E-state index contributed by atoms with van der Waals surface area (Å²) in [5.74, 6) is 0.137. The Morgan fingerprint density at radius 3 is 2.65 bits per heavy atom. The van der Waals surface area contributed by atoms with Crippen LogP contribution in [0.3, 0.4) is 0 Å². The van der Waals surface area contributed by atoms with E-state index in [4.69, 9.17) is 10.5 Å². The van der Waals surface area contributed by atoms with E-state index in [0.717, 1.165) is 12.2 Å². The lowest BCUT2D eigenvalue weighted by Gasteiger charge is -2.35. The molecule has 0 aliphatic carbocycles. The number of para-hydroxylation sites is 2. The Hall–Kier alpha value is -1.75. The molecule has 1 fully saturated rings. The van der Waals surface area contributed by atoms with Gasteiger partial charge in [-0.25, -0.2) is 0 Å². The monoisotopic (exact) mass is 277 g/mol. The Balaban J connectivity index is 2.14. The average molecular weight is 277 g/mol. The van der Waals surface area contributed by atoms with Crippen molar-refractivity contribution in [3.8, 4) is 0 Å². The number of nitrogens with zero attached hydrogens (tertiary/aromatic N) is 2. The van der Waals surface area contributed by atoms with Crippen LogP contribution in [0, 0.1) is 0 Å². The van der Waals surface area contributed by atoms with E-state index >= 15 is 0 Å². The number of nitrogen functional groups attached to an aromatic ring is 1. The molecule has 5 heteroatoms. The molecular formula is C15H23N3O2. The number of benzene rings is 1. The van der Waals surface area contributed by atoms with Crippen LogP contribution in [0.5, 0.6) is 0 Å². The second kappa shape index (κ2) is 6.61. The molecule has 1 aliphatic heterocycles. The molecule has 1 saturated heterocycles. The molecule has 1 aromatic carbocycles. The van der Waals surface area contributed by atoms with E-state index in [1.807, 2.05) is 47.9 Å². The molecule has 0 spiro atoms. The predicted octanol–water partition coefficient (Wildman–Crippen LogP) is 1.34. The van der Waals surface area contributed by atoms with Crippen LogP contribution in [-0.2, 0) is 9.53 Å². The van der Waals surface area contributed by atoms with Crippen LogP contribution in [0.2, 0.25) is 0 Å². The first-order valence-corrected chi connectivity index (χ1v) is 7.12. The van der Waals surface area contributed by atoms with E-state index in [1.54, 1.807) is 0 Å². The van der Waals surface area contributed by atoms with Crippen molar-refractivity contribution in [1.82, 2.24) is 4.90 Å². The fourth-order valence-electron chi connectivity index (χ4n) is 2.58. The molecule has 1 aliphatic rings. The van der Waals surface area contributed by atoms with Gasteiger partial charge < -0.3 is 20.3 Å². The SMILES string of the molecule is CCN(c1ccccc1N)C(C)C(=O)N1CCOCC1. The zero-order valence-corrected chi connectivity index (χ0v) is 12.2. The number of likely N-dealkylation sites (N-methyl/N-ethyl adjacent to an activating group) is 1. The predicted molar refractivity (Wildman–Crippen MR) is 80.7 cm³/mol. The van der Waals surface area contributed by atoms with Crippen molar-refractivity contribution in [2.75, 3.05) is 43.5 Å². The smallest absolute Gasteiger partial charge is 0.245 e. The van der Waals surface area contributed by atoms with Gasteiger partial charge in [-0.05, 0) is 26.0 Å². The highest BCUT2D eigenvalue weighted by Gasteiger charge is 2.27. The molecule has 0 bridgehead atoms. The summed E-state index contributed by atoms with van der Waals surface area (Å²) in [4.78, 5) is 16.5. The van der Waals surface area contributed by atoms with Crippen molar-refractivity contribution in [3.63, 3.8) is 0 Å². The summed E-state index contributed by atoms with van der Waals surface area (Å²) in [6, 6.07) is 7.45. The topological polar surface area (TPSA) is 58.8 Å². The largest absolute Gasteiger partial charge is 0.397 e. The molecule has 5 nitrogen and oxygen atoms in total. The average Bonchev–Trinajstić information content (AvgIpc) is 2.50. The first-order chi connectivity index (χ1) is 9.65. The molecule has 0 radical (unpaired) electrons. The van der Waals surface area contributed by atoms with E-state index in [9.17, 15) is 4.79 Å². The Morgan fingerprint density at radius 1 is 1.40 bits per heavy atom. The van der Waals surface area contributed by atoms with Crippen LogP contribution >= 0.6 is 0 Å². The Bertz CT molecular complexity index is 458. The van der Waals surface area contributed by atoms with Crippen LogP contribution in [0.4, 0.5) is 11.4 Å². The molecule has 1 unspecified atom stereocenters. The lowest BCUT2D eigenvalue weighted by molar-refractivity contribution is -0.136. The van der Waals surface area contributed by atoms with Crippen molar-refractivity contribution < 1.29 is 9.53 Å². The first-order valence-electron chi connectivity index (χ1n) is 7.12. The number of nitrogens with two attached hydrogens (primary N) is 1. The number of hydrogen-bond donors (Lipinski definition) is 1. The molecule has 2 rings (SSSR count). The van der Waals surface area contributed by atoms with Crippen LogP contribution in [0.15, 0.2) is 24.3 Å². The number of morpholine rings is 1. The van der Waals surface area contributed by atoms with E-state index in [2.05, 4.69) is 0 Å². The van der Waals surface area contributed by atoms with Gasteiger partial charge in [0.1, 0.15) is 6.04 Å². The maximum absolute atomic E-state index is 12.6. The number of rotatable bonds is 4. The van der Waals surface area contributed by atoms with Crippen LogP contribution in [0.1, 0.15) is 13.8 Å². The zero-order valence-electron chi connectivity index (χ0n) is 12.2. The Morgan fingerprint density at radius 2 is 2.05 bits per heavy atom. The minimum atomic E-state index is -0.220. The summed E-state index contributed by atoms with van der Waals surface area (Å²) in [7, 11) is 0. The number of carbonyl (C=O) groups is 1. The molecular weight excluding hydrogens is 254 g/mol. The Labute approximate surface area is 120 Å². The fraction of sp³-hybridized carbons (Fsp3) is 0.533. The maximum Gasteiger partial charge on any atom is 0.245 e. The number of hydrogen-bond acceptors (Lipinski definition) is 4. The number of anilines is 2. The highest BCUT2D eigenvalue weighted by atomic mass is 16.5. The van der Waals surface area contributed by atoms with Crippen LogP contribution in [-0.4, -0.2) is 49.7 Å². The van der Waals surface area contributed by atoms with Gasteiger partial charge in [-0.15, -0.1) is 0 Å². The molecule has 1 atom stereocenters. The first kappa shape index (κ1) is 14.7. The lowest BCUT2D eigenvalue weighted by Crippen LogP contribution is -2.51. The van der Waals surface area contributed by atoms with Crippen LogP contribution in [0.25, 0.3) is 0 Å². The van der Waals surface area contributed by atoms with E-state index in [-0.39, 0.29) is 11.9 Å². The molecule has 1 amide bonds. The molecule has 0 saturated carbocycles. The highest BCUT2D eigenvalue weighted by Crippen LogP contribution is 2.25. The van der Waals surface area contributed by atoms with Gasteiger partial charge in [0.2, 0.25) is 5.91 Å². The molecule has 1 heterocycles. The van der Waals surface area contributed by atoms with Gasteiger partial charge in [0.15, 0.2) is 0 Å². The van der Waals surface area contributed by atoms with Gasteiger partial charge in [-0.1, -0.05) is 12.1 Å². The van der Waals surface area contributed by atoms with Crippen molar-refractivity contribution in [3.05, 3.63) is 24.3 Å². The van der Waals surface area contributed by atoms with E-state index < -0.39 is 0 Å². The zero-order chi connectivity index (χ0) is 14.5. The summed E-state index contributed by atoms with van der Waals surface area (Å²) >= 11 is 0. The molecule has 110 valence electrons. The summed E-state index contributed by atoms with van der Waals surface area (Å²) in [6.07, 6.45) is 0. The normalized spacial score (nSPS) is 16.8. The molecule has 2 N–H and O–H groups in total. The third-order valence-corrected chi connectivity index (χ3v) is 3.73. The van der Waals surface area contributed by atoms with Gasteiger partial charge >= 0.3 is 0 Å². The minimum Gasteiger partial charge on any atom is -0.397 e. The van der Waals surface area contributed by atoms with Gasteiger partial charge in [-0.2, -0.15) is 0 Å². The Kier molecular flexibility index (Phi) is 4.84. The lowest BCUT2D eigenvalue weighted by atomic mass is 10.1. The van der Waals surface area contributed by atoms with Crippen molar-refractivity contribution in [2.45, 2.75) is 19.9 Å². The number of amides is 1. The maximum atomic E-state index is 12.6. The van der Waals surface area contributed by atoms with Gasteiger partial charge in [0.25, 0.3) is 0 Å². The van der Waals surface area contributed by atoms with Gasteiger partial charge in [-0.3, -0.25) is 4.79 Å². The third-order valence-electron chi connectivity index (χ3n) is 3.73. The van der Waals surface area contributed by atoms with E-state index in [0.29, 0.717) is 32.0 Å². The number of carbonyl (C=O) groups excluding carboxylic acids is 1. The number of ether oxygens (including phenoxy) is 1. The van der Waals surface area contributed by atoms with Gasteiger partial charge in [0, 0.05) is 19.6 Å². The quantitative estimate of drug-likeness (QED) is 0.844. The standard InChI is InChI=1S/C15H23N3O2/c1-3-18(14-7-5-4-6-13(14)16)12(2)15(19)17-8-10-20-11-9-17/h4-7,12H,3,8-11,16H2,1-2H3. The molecule has 20 heavy (non-hydrogen) atoms. The van der Waals surface area contributed by atoms with Gasteiger partial charge in [0.05, 0.1) is 24.6 Å². The third kappa shape index (κ3) is 3.04. The van der Waals surface area contributed by atoms with E-state index in [1.165, 1.54) is 0 Å². The summed E-state index contributed by atoms with van der Waals surface area (Å²) in [5.41, 5.74) is 7.65. The van der Waals surface area contributed by atoms with Crippen LogP contribution < -0.4 is 10.6 Å². The van der Waals surface area contributed by atoms with Crippen molar-refractivity contribution >= 4 is 17.3 Å². The second-order valence-electron chi connectivity index (χ2n) is 4.96. The van der Waals surface area contributed by atoms with Crippen molar-refractivity contribution in [1.29, 1.82) is 0 Å². The summed E-state index contributed by atoms with van der Waals surface area (Å²) in [6.45, 7) is 7.31. The summed E-state index contributed by atoms with van der Waals surface area (Å²) in [5, 5.41) is 0. The molecule has 1 aromatic rings. The minimum absolute atomic E-state index is 0.137. The second-order valence-corrected chi connectivity index (χ2v) is 4.96. The molecule has 0 aromatic heterocycles. The summed E-state index contributed by atoms with van der Waals surface area (Å²) < 4.78 is 5.29. The highest BCUT2D eigenvalue weighted by molar-refractivity contribution is 5.86. The van der Waals surface area contributed by atoms with Crippen molar-refractivity contribution in [2.24, 2.45) is 0 Å².